The van der Waals surface area contributed by atoms with Crippen molar-refractivity contribution in [1.82, 2.24) is 5.32 Å². The van der Waals surface area contributed by atoms with Crippen LogP contribution in [-0.4, -0.2) is 36.2 Å². The number of rotatable bonds is 11. The molecule has 0 heterocycles. The largest absolute Gasteiger partial charge is 0.396 e. The molecule has 3 unspecified atom stereocenters. The third-order valence-corrected chi connectivity index (χ3v) is 6.63. The first-order valence-electron chi connectivity index (χ1n) is 13.0. The first kappa shape index (κ1) is 28.6. The Balaban J connectivity index is 1.62. The van der Waals surface area contributed by atoms with Gasteiger partial charge in [-0.15, -0.1) is 0 Å². The number of carbonyl (C=O) groups is 3. The van der Waals surface area contributed by atoms with Crippen LogP contribution in [0.2, 0.25) is 0 Å². The van der Waals surface area contributed by atoms with Crippen LogP contribution in [0.5, 0.6) is 0 Å². The summed E-state index contributed by atoms with van der Waals surface area (Å²) in [6.07, 6.45) is 1.88. The predicted octanol–water partition coefficient (Wildman–Crippen LogP) is 4.64. The van der Waals surface area contributed by atoms with Gasteiger partial charge in [-0.1, -0.05) is 80.3 Å². The van der Waals surface area contributed by atoms with Gasteiger partial charge in [0, 0.05) is 42.7 Å². The van der Waals surface area contributed by atoms with Gasteiger partial charge in [-0.2, -0.15) is 0 Å². The topological polar surface area (TPSA) is 83.5 Å². The Bertz CT molecular complexity index is 1280. The van der Waals surface area contributed by atoms with E-state index in [0.29, 0.717) is 11.5 Å². The molecule has 5 nitrogen and oxygen atoms in total. The van der Waals surface area contributed by atoms with Gasteiger partial charge >= 0.3 is 0 Å². The maximum atomic E-state index is 13.0. The van der Waals surface area contributed by atoms with E-state index in [9.17, 15) is 14.4 Å². The maximum Gasteiger partial charge on any atom is 0.231 e. The van der Waals surface area contributed by atoms with Crippen molar-refractivity contribution in [3.05, 3.63) is 107 Å². The quantitative estimate of drug-likeness (QED) is 0.224. The molecule has 196 valence electrons. The number of ketones is 2. The van der Waals surface area contributed by atoms with Gasteiger partial charge < -0.3 is 10.4 Å². The van der Waals surface area contributed by atoms with E-state index in [4.69, 9.17) is 5.11 Å². The number of benzene rings is 3. The van der Waals surface area contributed by atoms with Gasteiger partial charge in [0.1, 0.15) is 11.7 Å². The second-order valence-corrected chi connectivity index (χ2v) is 9.71. The van der Waals surface area contributed by atoms with Crippen LogP contribution in [0.1, 0.15) is 52.9 Å². The van der Waals surface area contributed by atoms with Crippen LogP contribution in [0.15, 0.2) is 78.9 Å². The SMILES string of the molecule is CNC(=O)C(C(=O)CCO)C(C)C(=O)c1ccc(C#Cc2ccc(CC(C)Cc3ccccc3)cc2)cc1. The Morgan fingerprint density at radius 2 is 1.32 bits per heavy atom. The molecule has 2 N–H and O–H groups in total. The summed E-state index contributed by atoms with van der Waals surface area (Å²) in [5.41, 5.74) is 4.71. The van der Waals surface area contributed by atoms with Crippen molar-refractivity contribution >= 4 is 17.5 Å². The van der Waals surface area contributed by atoms with Crippen molar-refractivity contribution in [2.75, 3.05) is 13.7 Å². The van der Waals surface area contributed by atoms with E-state index in [1.54, 1.807) is 31.2 Å². The summed E-state index contributed by atoms with van der Waals surface area (Å²) in [4.78, 5) is 37.6. The zero-order valence-electron chi connectivity index (χ0n) is 22.2. The van der Waals surface area contributed by atoms with E-state index < -0.39 is 23.5 Å². The molecule has 0 fully saturated rings. The van der Waals surface area contributed by atoms with E-state index in [0.717, 1.165) is 24.0 Å². The summed E-state index contributed by atoms with van der Waals surface area (Å²) in [6.45, 7) is 3.47. The minimum atomic E-state index is -1.14. The second kappa shape index (κ2) is 14.1. The van der Waals surface area contributed by atoms with E-state index in [-0.39, 0.29) is 18.8 Å². The third-order valence-electron chi connectivity index (χ3n) is 6.63. The van der Waals surface area contributed by atoms with Crippen LogP contribution in [-0.2, 0) is 22.4 Å². The summed E-state index contributed by atoms with van der Waals surface area (Å²) < 4.78 is 0. The van der Waals surface area contributed by atoms with Crippen molar-refractivity contribution in [3.63, 3.8) is 0 Å². The van der Waals surface area contributed by atoms with Crippen molar-refractivity contribution in [2.24, 2.45) is 17.8 Å². The molecule has 0 aliphatic carbocycles. The van der Waals surface area contributed by atoms with Gasteiger partial charge in [-0.25, -0.2) is 0 Å². The lowest BCUT2D eigenvalue weighted by atomic mass is 9.82. The van der Waals surface area contributed by atoms with E-state index in [1.165, 1.54) is 18.2 Å². The lowest BCUT2D eigenvalue weighted by Crippen LogP contribution is -2.40. The normalized spacial score (nSPS) is 12.9. The van der Waals surface area contributed by atoms with Gasteiger partial charge in [-0.05, 0) is 54.2 Å². The summed E-state index contributed by atoms with van der Waals surface area (Å²) >= 11 is 0. The summed E-state index contributed by atoms with van der Waals surface area (Å²) in [5.74, 6) is 3.57. The lowest BCUT2D eigenvalue weighted by molar-refractivity contribution is -0.135. The van der Waals surface area contributed by atoms with Crippen molar-refractivity contribution in [2.45, 2.75) is 33.1 Å². The lowest BCUT2D eigenvalue weighted by Gasteiger charge is -2.20. The Hall–Kier alpha value is -4.01. The molecule has 3 aromatic rings. The van der Waals surface area contributed by atoms with Crippen LogP contribution >= 0.6 is 0 Å². The number of Topliss-reactive ketones (excluding diaryl/α,β-unsaturated/α-hetero) is 2. The van der Waals surface area contributed by atoms with Crippen LogP contribution in [0.25, 0.3) is 0 Å². The highest BCUT2D eigenvalue weighted by Crippen LogP contribution is 2.21. The number of hydrogen-bond donors (Lipinski definition) is 2. The average molecular weight is 510 g/mol. The molecule has 3 aromatic carbocycles. The zero-order valence-corrected chi connectivity index (χ0v) is 22.2. The van der Waals surface area contributed by atoms with E-state index in [1.807, 2.05) is 18.2 Å². The minimum Gasteiger partial charge on any atom is -0.396 e. The minimum absolute atomic E-state index is 0.169. The van der Waals surface area contributed by atoms with Crippen LogP contribution in [0.4, 0.5) is 0 Å². The standard InChI is InChI=1S/C33H35NO4/c1-23(21-27-7-5-4-6-8-27)22-28-13-11-25(12-14-28)9-10-26-15-17-29(18-16-26)32(37)24(2)31(33(38)34-3)30(36)19-20-35/h4-8,11-18,23-24,31,35H,19-22H2,1-3H3,(H,34,38). The predicted molar refractivity (Wildman–Crippen MR) is 150 cm³/mol. The molecule has 0 saturated heterocycles. The molecule has 0 bridgehead atoms. The molecule has 38 heavy (non-hydrogen) atoms. The molecule has 0 spiro atoms. The van der Waals surface area contributed by atoms with Gasteiger partial charge in [0.2, 0.25) is 5.91 Å². The molecule has 0 saturated carbocycles. The fourth-order valence-corrected chi connectivity index (χ4v) is 4.56. The van der Waals surface area contributed by atoms with Crippen molar-refractivity contribution in [1.29, 1.82) is 0 Å². The Labute approximate surface area is 225 Å². The maximum absolute atomic E-state index is 13.0. The first-order valence-corrected chi connectivity index (χ1v) is 13.0. The Morgan fingerprint density at radius 3 is 1.84 bits per heavy atom. The molecular formula is C33H35NO4. The van der Waals surface area contributed by atoms with E-state index in [2.05, 4.69) is 60.5 Å². The Kier molecular flexibility index (Phi) is 10.6. The monoisotopic (exact) mass is 509 g/mol. The highest BCUT2D eigenvalue weighted by molar-refractivity contribution is 6.08. The third kappa shape index (κ3) is 7.99. The molecule has 0 aromatic heterocycles. The summed E-state index contributed by atoms with van der Waals surface area (Å²) in [5, 5.41) is 11.5. The average Bonchev–Trinajstić information content (AvgIpc) is 2.93. The fraction of sp³-hybridized carbons (Fsp3) is 0.303. The molecular weight excluding hydrogens is 474 g/mol. The van der Waals surface area contributed by atoms with Crippen LogP contribution in [0, 0.1) is 29.6 Å². The fourth-order valence-electron chi connectivity index (χ4n) is 4.56. The number of carbonyl (C=O) groups excluding carboxylic acids is 3. The molecule has 5 heteroatoms. The van der Waals surface area contributed by atoms with Crippen LogP contribution < -0.4 is 5.32 Å². The molecule has 0 aliphatic rings. The molecule has 1 amide bonds. The molecule has 3 atom stereocenters. The molecule has 3 rings (SSSR count). The first-order chi connectivity index (χ1) is 18.3. The van der Waals surface area contributed by atoms with Crippen LogP contribution in [0.3, 0.4) is 0 Å². The Morgan fingerprint density at radius 1 is 0.789 bits per heavy atom. The molecule has 0 aliphatic heterocycles. The number of amides is 1. The van der Waals surface area contributed by atoms with Gasteiger partial charge in [-0.3, -0.25) is 14.4 Å². The highest BCUT2D eigenvalue weighted by Gasteiger charge is 2.35. The zero-order chi connectivity index (χ0) is 27.5. The summed E-state index contributed by atoms with van der Waals surface area (Å²) in [7, 11) is 1.42. The second-order valence-electron chi connectivity index (χ2n) is 9.71. The van der Waals surface area contributed by atoms with Crippen molar-refractivity contribution < 1.29 is 19.5 Å². The number of aliphatic hydroxyl groups excluding tert-OH is 1. The van der Waals surface area contributed by atoms with Gasteiger partial charge in [0.25, 0.3) is 0 Å². The summed E-state index contributed by atoms with van der Waals surface area (Å²) in [6, 6.07) is 25.7. The molecule has 0 radical (unpaired) electrons. The van der Waals surface area contributed by atoms with E-state index >= 15 is 0 Å². The van der Waals surface area contributed by atoms with Gasteiger partial charge in [0.05, 0.1) is 0 Å². The highest BCUT2D eigenvalue weighted by atomic mass is 16.3. The van der Waals surface area contributed by atoms with Crippen molar-refractivity contribution in [3.8, 4) is 11.8 Å². The van der Waals surface area contributed by atoms with Gasteiger partial charge in [0.15, 0.2) is 5.78 Å². The smallest absolute Gasteiger partial charge is 0.231 e. The number of aliphatic hydroxyl groups is 1. The number of nitrogens with one attached hydrogen (secondary N) is 1. The number of hydrogen-bond acceptors (Lipinski definition) is 4.